The van der Waals surface area contributed by atoms with E-state index in [1.54, 1.807) is 12.1 Å². The van der Waals surface area contributed by atoms with Crippen molar-refractivity contribution < 1.29 is 17.6 Å². The maximum Gasteiger partial charge on any atom is 0.416 e. The molecule has 0 aliphatic carbocycles. The molecular formula is C15H10Br2F4. The van der Waals surface area contributed by atoms with E-state index in [4.69, 9.17) is 0 Å². The Morgan fingerprint density at radius 3 is 2.19 bits per heavy atom. The number of rotatable bonds is 3. The highest BCUT2D eigenvalue weighted by atomic mass is 79.9. The quantitative estimate of drug-likeness (QED) is 0.400. The molecule has 0 aliphatic rings. The van der Waals surface area contributed by atoms with Gasteiger partial charge in [0.25, 0.3) is 0 Å². The fourth-order valence-electron chi connectivity index (χ4n) is 1.90. The van der Waals surface area contributed by atoms with Gasteiger partial charge >= 0.3 is 6.18 Å². The fourth-order valence-corrected chi connectivity index (χ4v) is 3.00. The second-order valence-electron chi connectivity index (χ2n) is 4.53. The maximum absolute atomic E-state index is 13.7. The largest absolute Gasteiger partial charge is 0.416 e. The normalized spacial score (nSPS) is 13.2. The van der Waals surface area contributed by atoms with Crippen LogP contribution in [-0.2, 0) is 12.6 Å². The first-order chi connectivity index (χ1) is 9.77. The molecule has 0 fully saturated rings. The number of alkyl halides is 4. The molecular weight excluding hydrogens is 416 g/mol. The maximum atomic E-state index is 13.7. The van der Waals surface area contributed by atoms with Crippen LogP contribution in [0.25, 0.3) is 0 Å². The van der Waals surface area contributed by atoms with Gasteiger partial charge in [0.2, 0.25) is 0 Å². The van der Waals surface area contributed by atoms with Crippen molar-refractivity contribution in [2.24, 2.45) is 0 Å². The molecule has 0 nitrogen and oxygen atoms in total. The smallest absolute Gasteiger partial charge is 0.207 e. The minimum absolute atomic E-state index is 0.313. The molecule has 1 atom stereocenters. The molecule has 0 heterocycles. The highest BCUT2D eigenvalue weighted by molar-refractivity contribution is 9.10. The van der Waals surface area contributed by atoms with Crippen LogP contribution in [-0.4, -0.2) is 0 Å². The summed E-state index contributed by atoms with van der Waals surface area (Å²) < 4.78 is 51.9. The molecule has 0 aromatic heterocycles. The standard InChI is InChI=1S/C15H10Br2F4/c16-11-5-6-14(18)12(8-11)13(17)7-9-1-3-10(4-2-9)15(19,20)21/h1-6,8,13H,7H2. The summed E-state index contributed by atoms with van der Waals surface area (Å²) in [6.45, 7) is 0. The molecule has 2 aromatic rings. The Morgan fingerprint density at radius 1 is 1.00 bits per heavy atom. The van der Waals surface area contributed by atoms with Gasteiger partial charge in [-0.15, -0.1) is 0 Å². The van der Waals surface area contributed by atoms with Gasteiger partial charge in [0, 0.05) is 14.9 Å². The molecule has 112 valence electrons. The van der Waals surface area contributed by atoms with Crippen molar-refractivity contribution in [3.63, 3.8) is 0 Å². The van der Waals surface area contributed by atoms with Crippen molar-refractivity contribution in [1.82, 2.24) is 0 Å². The first kappa shape index (κ1) is 16.5. The number of hydrogen-bond acceptors (Lipinski definition) is 0. The van der Waals surface area contributed by atoms with Crippen molar-refractivity contribution in [2.45, 2.75) is 17.4 Å². The van der Waals surface area contributed by atoms with Gasteiger partial charge in [-0.05, 0) is 42.3 Å². The van der Waals surface area contributed by atoms with Crippen molar-refractivity contribution >= 4 is 31.9 Å². The van der Waals surface area contributed by atoms with Gasteiger partial charge in [-0.1, -0.05) is 44.0 Å². The van der Waals surface area contributed by atoms with Crippen LogP contribution in [0.3, 0.4) is 0 Å². The van der Waals surface area contributed by atoms with Crippen LogP contribution in [0.4, 0.5) is 17.6 Å². The molecule has 6 heteroatoms. The van der Waals surface area contributed by atoms with E-state index in [0.29, 0.717) is 17.5 Å². The van der Waals surface area contributed by atoms with Crippen LogP contribution in [0.1, 0.15) is 21.5 Å². The van der Waals surface area contributed by atoms with Gasteiger partial charge in [-0.25, -0.2) is 4.39 Å². The minimum Gasteiger partial charge on any atom is -0.207 e. The summed E-state index contributed by atoms with van der Waals surface area (Å²) in [7, 11) is 0. The van der Waals surface area contributed by atoms with E-state index >= 15 is 0 Å². The third-order valence-electron chi connectivity index (χ3n) is 2.99. The predicted molar refractivity (Wildman–Crippen MR) is 80.9 cm³/mol. The predicted octanol–water partition coefficient (Wildman–Crippen LogP) is 6.29. The average Bonchev–Trinajstić information content (AvgIpc) is 2.41. The van der Waals surface area contributed by atoms with Crippen molar-refractivity contribution in [3.8, 4) is 0 Å². The molecule has 2 aromatic carbocycles. The molecule has 0 saturated heterocycles. The Labute approximate surface area is 136 Å². The van der Waals surface area contributed by atoms with Gasteiger partial charge in [-0.3, -0.25) is 0 Å². The zero-order valence-corrected chi connectivity index (χ0v) is 13.8. The van der Waals surface area contributed by atoms with E-state index in [0.717, 1.165) is 16.6 Å². The van der Waals surface area contributed by atoms with Crippen LogP contribution in [0.15, 0.2) is 46.9 Å². The molecule has 0 saturated carbocycles. The third kappa shape index (κ3) is 4.30. The molecule has 0 amide bonds. The Balaban J connectivity index is 2.16. The third-order valence-corrected chi connectivity index (χ3v) is 4.30. The fraction of sp³-hybridized carbons (Fsp3) is 0.200. The number of hydrogen-bond donors (Lipinski definition) is 0. The molecule has 2 rings (SSSR count). The first-order valence-electron chi connectivity index (χ1n) is 6.02. The summed E-state index contributed by atoms with van der Waals surface area (Å²) in [6, 6.07) is 9.48. The highest BCUT2D eigenvalue weighted by Crippen LogP contribution is 2.33. The topological polar surface area (TPSA) is 0 Å². The molecule has 0 spiro atoms. The SMILES string of the molecule is Fc1ccc(Br)cc1C(Br)Cc1ccc(C(F)(F)F)cc1. The molecule has 0 radical (unpaired) electrons. The Bertz CT molecular complexity index is 621. The van der Waals surface area contributed by atoms with E-state index in [1.807, 2.05) is 0 Å². The lowest BCUT2D eigenvalue weighted by Crippen LogP contribution is -2.05. The van der Waals surface area contributed by atoms with E-state index in [2.05, 4.69) is 31.9 Å². The lowest BCUT2D eigenvalue weighted by molar-refractivity contribution is -0.137. The highest BCUT2D eigenvalue weighted by Gasteiger charge is 2.30. The van der Waals surface area contributed by atoms with E-state index in [-0.39, 0.29) is 10.6 Å². The van der Waals surface area contributed by atoms with Crippen LogP contribution < -0.4 is 0 Å². The van der Waals surface area contributed by atoms with Gasteiger partial charge < -0.3 is 0 Å². The molecule has 0 bridgehead atoms. The van der Waals surface area contributed by atoms with Crippen LogP contribution in [0.5, 0.6) is 0 Å². The van der Waals surface area contributed by atoms with Gasteiger partial charge in [-0.2, -0.15) is 13.2 Å². The van der Waals surface area contributed by atoms with E-state index < -0.39 is 11.7 Å². The monoisotopic (exact) mass is 424 g/mol. The Morgan fingerprint density at radius 2 is 1.62 bits per heavy atom. The summed E-state index contributed by atoms with van der Waals surface area (Å²) in [5.74, 6) is -0.355. The van der Waals surface area contributed by atoms with Crippen molar-refractivity contribution in [3.05, 3.63) is 69.4 Å². The lowest BCUT2D eigenvalue weighted by Gasteiger charge is -2.13. The van der Waals surface area contributed by atoms with E-state index in [1.165, 1.54) is 18.2 Å². The minimum atomic E-state index is -4.34. The van der Waals surface area contributed by atoms with Gasteiger partial charge in [0.1, 0.15) is 5.82 Å². The van der Waals surface area contributed by atoms with Crippen molar-refractivity contribution in [1.29, 1.82) is 0 Å². The Hall–Kier alpha value is -0.880. The number of halogens is 6. The zero-order chi connectivity index (χ0) is 15.6. The summed E-state index contributed by atoms with van der Waals surface area (Å²) in [5.41, 5.74) is 0.472. The van der Waals surface area contributed by atoms with Gasteiger partial charge in [0.15, 0.2) is 0 Å². The summed E-state index contributed by atoms with van der Waals surface area (Å²) in [5, 5.41) is 0. The van der Waals surface area contributed by atoms with Crippen LogP contribution in [0.2, 0.25) is 0 Å². The zero-order valence-electron chi connectivity index (χ0n) is 10.6. The summed E-state index contributed by atoms with van der Waals surface area (Å²) >= 11 is 6.65. The average molecular weight is 426 g/mol. The summed E-state index contributed by atoms with van der Waals surface area (Å²) in [6.07, 6.45) is -3.95. The lowest BCUT2D eigenvalue weighted by atomic mass is 10.0. The van der Waals surface area contributed by atoms with Crippen LogP contribution >= 0.6 is 31.9 Å². The van der Waals surface area contributed by atoms with Crippen molar-refractivity contribution in [2.75, 3.05) is 0 Å². The second-order valence-corrected chi connectivity index (χ2v) is 6.55. The molecule has 0 aliphatic heterocycles. The van der Waals surface area contributed by atoms with Gasteiger partial charge in [0.05, 0.1) is 5.56 Å². The summed E-state index contributed by atoms with van der Waals surface area (Å²) in [4.78, 5) is -0.313. The second kappa shape index (κ2) is 6.48. The number of benzene rings is 2. The first-order valence-corrected chi connectivity index (χ1v) is 7.73. The van der Waals surface area contributed by atoms with Crippen LogP contribution in [0, 0.1) is 5.82 Å². The Kier molecular flexibility index (Phi) is 5.09. The molecule has 1 unspecified atom stereocenters. The van der Waals surface area contributed by atoms with E-state index in [9.17, 15) is 17.6 Å². The molecule has 0 N–H and O–H groups in total. The molecule has 21 heavy (non-hydrogen) atoms.